The van der Waals surface area contributed by atoms with Crippen molar-refractivity contribution < 1.29 is 18.0 Å². The zero-order valence-corrected chi connectivity index (χ0v) is 15.4. The summed E-state index contributed by atoms with van der Waals surface area (Å²) < 4.78 is 24.3. The van der Waals surface area contributed by atoms with Crippen molar-refractivity contribution in [3.63, 3.8) is 0 Å². The van der Waals surface area contributed by atoms with E-state index in [0.717, 1.165) is 58.3 Å². The molecular formula is C15H32N2O4Si. The Balaban J connectivity index is 2.03. The monoisotopic (exact) mass is 332 g/mol. The molecule has 7 heteroatoms. The molecule has 130 valence electrons. The summed E-state index contributed by atoms with van der Waals surface area (Å²) in [6.07, 6.45) is 2.05. The highest BCUT2D eigenvalue weighted by Crippen LogP contribution is 2.24. The van der Waals surface area contributed by atoms with Crippen LogP contribution in [0, 0.1) is 0 Å². The third-order valence-electron chi connectivity index (χ3n) is 4.05. The summed E-state index contributed by atoms with van der Waals surface area (Å²) in [6, 6.07) is 0.870. The zero-order valence-electron chi connectivity index (χ0n) is 14.4. The molecule has 2 aliphatic heterocycles. The molecule has 0 saturated carbocycles. The van der Waals surface area contributed by atoms with Crippen molar-refractivity contribution in [1.29, 1.82) is 0 Å². The molecule has 2 rings (SSSR count). The Morgan fingerprint density at radius 2 is 2.14 bits per heavy atom. The first-order chi connectivity index (χ1) is 10.6. The van der Waals surface area contributed by atoms with Gasteiger partial charge in [0.25, 0.3) is 0 Å². The second-order valence-electron chi connectivity index (χ2n) is 6.34. The maximum Gasteiger partial charge on any atom is 0.501 e. The predicted molar refractivity (Wildman–Crippen MR) is 88.1 cm³/mol. The number of rotatable bonds is 5. The van der Waals surface area contributed by atoms with Gasteiger partial charge in [-0.05, 0) is 33.9 Å². The standard InChI is InChI=1S/C15H32N2O4Si/c1-4-19-22-12-6-10-18-14-15(21-22)13-17(7-5-11-20-22)9-8-16(2)3/h15H,4-14H2,1-3H3. The van der Waals surface area contributed by atoms with Crippen LogP contribution in [-0.4, -0.2) is 91.4 Å². The van der Waals surface area contributed by atoms with Gasteiger partial charge in [0.15, 0.2) is 0 Å². The molecule has 2 atom stereocenters. The molecule has 6 nitrogen and oxygen atoms in total. The van der Waals surface area contributed by atoms with Crippen molar-refractivity contribution in [3.05, 3.63) is 0 Å². The largest absolute Gasteiger partial charge is 0.501 e. The molecule has 0 aromatic heterocycles. The molecular weight excluding hydrogens is 300 g/mol. The Morgan fingerprint density at radius 3 is 2.91 bits per heavy atom. The predicted octanol–water partition coefficient (Wildman–Crippen LogP) is 1.05. The fourth-order valence-corrected chi connectivity index (χ4v) is 5.70. The van der Waals surface area contributed by atoms with Gasteiger partial charge in [0.1, 0.15) is 0 Å². The van der Waals surface area contributed by atoms with Gasteiger partial charge in [0, 0.05) is 52.0 Å². The van der Waals surface area contributed by atoms with Crippen molar-refractivity contribution in [2.75, 3.05) is 66.7 Å². The number of fused-ring (bicyclic) bond motifs is 2. The Labute approximate surface area is 136 Å². The first kappa shape index (κ1) is 18.3. The third kappa shape index (κ3) is 5.88. The highest BCUT2D eigenvalue weighted by Gasteiger charge is 2.44. The van der Waals surface area contributed by atoms with Crippen LogP contribution in [0.25, 0.3) is 0 Å². The van der Waals surface area contributed by atoms with Crippen molar-refractivity contribution in [3.8, 4) is 0 Å². The minimum absolute atomic E-state index is 0.0544. The van der Waals surface area contributed by atoms with Crippen LogP contribution in [0.5, 0.6) is 0 Å². The number of hydrogen-bond donors (Lipinski definition) is 0. The Kier molecular flexibility index (Phi) is 7.76. The van der Waals surface area contributed by atoms with Gasteiger partial charge in [0.2, 0.25) is 0 Å². The number of likely N-dealkylation sites (N-methyl/N-ethyl adjacent to an activating group) is 1. The molecule has 0 aromatic rings. The summed E-state index contributed by atoms with van der Waals surface area (Å²) in [4.78, 5) is 4.69. The van der Waals surface area contributed by atoms with E-state index < -0.39 is 8.80 Å². The van der Waals surface area contributed by atoms with Crippen LogP contribution in [0.1, 0.15) is 19.8 Å². The molecule has 0 spiro atoms. The van der Waals surface area contributed by atoms with Gasteiger partial charge in [-0.1, -0.05) is 0 Å². The van der Waals surface area contributed by atoms with Gasteiger partial charge in [-0.15, -0.1) is 0 Å². The summed E-state index contributed by atoms with van der Waals surface area (Å²) in [5.41, 5.74) is 0. The Morgan fingerprint density at radius 1 is 1.27 bits per heavy atom. The van der Waals surface area contributed by atoms with E-state index in [4.69, 9.17) is 18.0 Å². The van der Waals surface area contributed by atoms with Crippen LogP contribution >= 0.6 is 0 Å². The lowest BCUT2D eigenvalue weighted by Gasteiger charge is -2.35. The molecule has 0 N–H and O–H groups in total. The SMILES string of the molecule is CCO[Si]12CCCOCC(CN(CCN(C)C)CCCO1)O2. The van der Waals surface area contributed by atoms with E-state index in [1.807, 2.05) is 6.92 Å². The van der Waals surface area contributed by atoms with Crippen molar-refractivity contribution in [1.82, 2.24) is 9.80 Å². The molecule has 2 heterocycles. The Bertz CT molecular complexity index is 322. The lowest BCUT2D eigenvalue weighted by Crippen LogP contribution is -2.52. The quantitative estimate of drug-likeness (QED) is 0.701. The molecule has 2 aliphatic rings. The van der Waals surface area contributed by atoms with Crippen LogP contribution in [-0.2, 0) is 18.0 Å². The van der Waals surface area contributed by atoms with E-state index in [1.54, 1.807) is 0 Å². The molecule has 0 radical (unpaired) electrons. The van der Waals surface area contributed by atoms with E-state index in [-0.39, 0.29) is 6.10 Å². The molecule has 2 bridgehead atoms. The lowest BCUT2D eigenvalue weighted by atomic mass is 10.3. The first-order valence-electron chi connectivity index (χ1n) is 8.54. The van der Waals surface area contributed by atoms with Gasteiger partial charge < -0.3 is 22.9 Å². The van der Waals surface area contributed by atoms with E-state index in [9.17, 15) is 0 Å². The van der Waals surface area contributed by atoms with E-state index in [0.29, 0.717) is 13.2 Å². The summed E-state index contributed by atoms with van der Waals surface area (Å²) in [5.74, 6) is 0. The second kappa shape index (κ2) is 9.32. The summed E-state index contributed by atoms with van der Waals surface area (Å²) in [7, 11) is 1.70. The van der Waals surface area contributed by atoms with Crippen molar-refractivity contribution >= 4 is 8.80 Å². The fraction of sp³-hybridized carbons (Fsp3) is 1.00. The summed E-state index contributed by atoms with van der Waals surface area (Å²) >= 11 is 0. The maximum absolute atomic E-state index is 6.39. The highest BCUT2D eigenvalue weighted by molar-refractivity contribution is 6.60. The summed E-state index contributed by atoms with van der Waals surface area (Å²) in [6.45, 7) is 8.89. The molecule has 2 unspecified atom stereocenters. The van der Waals surface area contributed by atoms with Gasteiger partial charge in [0.05, 0.1) is 12.7 Å². The van der Waals surface area contributed by atoms with E-state index in [2.05, 4.69) is 23.9 Å². The van der Waals surface area contributed by atoms with Crippen LogP contribution in [0.3, 0.4) is 0 Å². The first-order valence-corrected chi connectivity index (χ1v) is 10.5. The summed E-state index contributed by atoms with van der Waals surface area (Å²) in [5, 5.41) is 0. The average Bonchev–Trinajstić information content (AvgIpc) is 2.54. The van der Waals surface area contributed by atoms with Gasteiger partial charge >= 0.3 is 8.80 Å². The smallest absolute Gasteiger partial charge is 0.379 e. The van der Waals surface area contributed by atoms with Crippen LogP contribution in [0.15, 0.2) is 0 Å². The van der Waals surface area contributed by atoms with Crippen LogP contribution < -0.4 is 0 Å². The number of nitrogens with zero attached hydrogens (tertiary/aromatic N) is 2. The number of hydrogen-bond acceptors (Lipinski definition) is 6. The van der Waals surface area contributed by atoms with Gasteiger partial charge in [-0.3, -0.25) is 4.90 Å². The van der Waals surface area contributed by atoms with Crippen LogP contribution in [0.2, 0.25) is 6.04 Å². The van der Waals surface area contributed by atoms with E-state index >= 15 is 0 Å². The third-order valence-corrected chi connectivity index (χ3v) is 7.08. The molecule has 22 heavy (non-hydrogen) atoms. The fourth-order valence-electron chi connectivity index (χ4n) is 2.96. The molecule has 0 aliphatic carbocycles. The van der Waals surface area contributed by atoms with Crippen LogP contribution in [0.4, 0.5) is 0 Å². The lowest BCUT2D eigenvalue weighted by molar-refractivity contribution is -0.0305. The normalized spacial score (nSPS) is 31.9. The van der Waals surface area contributed by atoms with Crippen molar-refractivity contribution in [2.45, 2.75) is 31.9 Å². The molecule has 0 aromatic carbocycles. The van der Waals surface area contributed by atoms with Gasteiger partial charge in [-0.2, -0.15) is 0 Å². The molecule has 2 fully saturated rings. The number of ether oxygens (including phenoxy) is 1. The maximum atomic E-state index is 6.39. The Hall–Kier alpha value is -0.0231. The van der Waals surface area contributed by atoms with Gasteiger partial charge in [-0.25, -0.2) is 0 Å². The second-order valence-corrected chi connectivity index (χ2v) is 9.02. The topological polar surface area (TPSA) is 43.4 Å². The minimum atomic E-state index is -2.52. The zero-order chi connectivity index (χ0) is 15.8. The van der Waals surface area contributed by atoms with Crippen molar-refractivity contribution in [2.24, 2.45) is 0 Å². The average molecular weight is 333 g/mol. The minimum Gasteiger partial charge on any atom is -0.379 e. The van der Waals surface area contributed by atoms with E-state index in [1.165, 1.54) is 0 Å². The molecule has 2 saturated heterocycles. The highest BCUT2D eigenvalue weighted by atomic mass is 28.4. The molecule has 0 amide bonds.